The number of amides is 1. The molecule has 1 aliphatic heterocycles. The summed E-state index contributed by atoms with van der Waals surface area (Å²) >= 11 is 0. The average Bonchev–Trinajstić information content (AvgIpc) is 2.88. The Morgan fingerprint density at radius 1 is 0.971 bits per heavy atom. The van der Waals surface area contributed by atoms with Crippen molar-refractivity contribution in [2.45, 2.75) is 29.6 Å². The summed E-state index contributed by atoms with van der Waals surface area (Å²) in [7, 11) is 0.425. The van der Waals surface area contributed by atoms with E-state index >= 15 is 0 Å². The van der Waals surface area contributed by atoms with Crippen LogP contribution in [0, 0.1) is 0 Å². The number of piperidine rings is 1. The predicted octanol–water partition coefficient (Wildman–Crippen LogP) is 2.11. The van der Waals surface area contributed by atoms with E-state index in [0.717, 1.165) is 5.56 Å². The van der Waals surface area contributed by atoms with Gasteiger partial charge in [-0.3, -0.25) is 9.59 Å². The number of hydrogen-bond donors (Lipinski definition) is 1. The number of sulfonamides is 1. The summed E-state index contributed by atoms with van der Waals surface area (Å²) in [4.78, 5) is 27.1. The van der Waals surface area contributed by atoms with Crippen molar-refractivity contribution >= 4 is 21.9 Å². The van der Waals surface area contributed by atoms with Crippen LogP contribution in [-0.4, -0.2) is 66.2 Å². The minimum atomic E-state index is -3.83. The van der Waals surface area contributed by atoms with Crippen molar-refractivity contribution in [3.63, 3.8) is 0 Å². The van der Waals surface area contributed by atoms with E-state index in [9.17, 15) is 18.0 Å². The molecule has 0 bridgehead atoms. The molecule has 0 unspecified atom stereocenters. The number of ether oxygens (including phenoxy) is 3. The number of benzene rings is 2. The molecule has 3 rings (SSSR count). The van der Waals surface area contributed by atoms with Crippen molar-refractivity contribution in [2.75, 3.05) is 41.0 Å². The second-order valence-corrected chi connectivity index (χ2v) is 9.75. The van der Waals surface area contributed by atoms with Gasteiger partial charge in [-0.05, 0) is 30.5 Å². The molecular weight excluding hydrogens is 460 g/mol. The van der Waals surface area contributed by atoms with E-state index in [-0.39, 0.29) is 29.7 Å². The van der Waals surface area contributed by atoms with E-state index in [2.05, 4.69) is 4.72 Å². The van der Waals surface area contributed by atoms with Crippen LogP contribution in [0.4, 0.5) is 0 Å². The molecule has 0 aliphatic carbocycles. The second-order valence-electron chi connectivity index (χ2n) is 7.99. The zero-order chi connectivity index (χ0) is 24.8. The number of nitrogens with one attached hydrogen (secondary N) is 1. The Bertz CT molecular complexity index is 1110. The molecule has 34 heavy (non-hydrogen) atoms. The van der Waals surface area contributed by atoms with Gasteiger partial charge in [0.1, 0.15) is 0 Å². The molecule has 9 nitrogen and oxygen atoms in total. The number of carbonyl (C=O) groups excluding carboxylic acids is 2. The maximum atomic E-state index is 12.7. The van der Waals surface area contributed by atoms with Gasteiger partial charge in [0.25, 0.3) is 0 Å². The summed E-state index contributed by atoms with van der Waals surface area (Å²) in [5.74, 6) is 0.220. The van der Waals surface area contributed by atoms with Crippen LogP contribution in [0.3, 0.4) is 0 Å². The quantitative estimate of drug-likeness (QED) is 0.536. The molecule has 10 heteroatoms. The number of esters is 1. The molecule has 0 saturated carbocycles. The molecule has 1 heterocycles. The zero-order valence-corrected chi connectivity index (χ0v) is 20.4. The molecule has 0 atom stereocenters. The molecule has 1 amide bonds. The van der Waals surface area contributed by atoms with Crippen LogP contribution in [0.5, 0.6) is 11.5 Å². The number of methoxy groups -OCH3 is 3. The van der Waals surface area contributed by atoms with Crippen LogP contribution in [0.2, 0.25) is 0 Å². The van der Waals surface area contributed by atoms with E-state index in [0.29, 0.717) is 37.4 Å². The van der Waals surface area contributed by atoms with E-state index < -0.39 is 15.4 Å². The van der Waals surface area contributed by atoms with Crippen molar-refractivity contribution in [3.8, 4) is 11.5 Å². The third-order valence-electron chi connectivity index (χ3n) is 6.17. The monoisotopic (exact) mass is 490 g/mol. The van der Waals surface area contributed by atoms with Gasteiger partial charge in [-0.1, -0.05) is 30.3 Å². The van der Waals surface area contributed by atoms with Crippen LogP contribution in [-0.2, 0) is 29.8 Å². The average molecular weight is 491 g/mol. The largest absolute Gasteiger partial charge is 0.493 e. The molecule has 2 aromatic carbocycles. The smallest absolute Gasteiger partial charge is 0.316 e. The summed E-state index contributed by atoms with van der Waals surface area (Å²) in [6.07, 6.45) is 0.878. The van der Waals surface area contributed by atoms with Gasteiger partial charge >= 0.3 is 5.97 Å². The van der Waals surface area contributed by atoms with Crippen molar-refractivity contribution in [2.24, 2.45) is 0 Å². The fraction of sp³-hybridized carbons (Fsp3) is 0.417. The van der Waals surface area contributed by atoms with Crippen LogP contribution in [0.15, 0.2) is 53.4 Å². The predicted molar refractivity (Wildman–Crippen MR) is 125 cm³/mol. The number of nitrogens with zero attached hydrogens (tertiary/aromatic N) is 1. The molecule has 1 fully saturated rings. The van der Waals surface area contributed by atoms with Gasteiger partial charge in [0.15, 0.2) is 11.5 Å². The fourth-order valence-corrected chi connectivity index (χ4v) is 5.27. The molecule has 184 valence electrons. The van der Waals surface area contributed by atoms with E-state index in [1.165, 1.54) is 39.5 Å². The highest BCUT2D eigenvalue weighted by Gasteiger charge is 2.44. The Kier molecular flexibility index (Phi) is 8.16. The standard InChI is InChI=1S/C24H30N2O7S/c1-31-20-10-9-19(17-21(20)32-2)34(29,30)25-14-11-22(27)26-15-12-24(13-16-26,23(28)33-3)18-7-5-4-6-8-18/h4-10,17,25H,11-16H2,1-3H3. The van der Waals surface area contributed by atoms with Crippen LogP contribution in [0.1, 0.15) is 24.8 Å². The minimum absolute atomic E-state index is 0.00306. The first-order valence-electron chi connectivity index (χ1n) is 10.9. The topological polar surface area (TPSA) is 111 Å². The van der Waals surface area contributed by atoms with Crippen molar-refractivity contribution < 1.29 is 32.2 Å². The molecule has 1 aliphatic rings. The van der Waals surface area contributed by atoms with Gasteiger partial charge in [0, 0.05) is 32.1 Å². The van der Waals surface area contributed by atoms with E-state index in [1.807, 2.05) is 30.3 Å². The van der Waals surface area contributed by atoms with Gasteiger partial charge in [0.05, 0.1) is 31.6 Å². The lowest BCUT2D eigenvalue weighted by Crippen LogP contribution is -2.49. The Morgan fingerprint density at radius 2 is 1.62 bits per heavy atom. The van der Waals surface area contributed by atoms with Crippen LogP contribution >= 0.6 is 0 Å². The SMILES string of the molecule is COC(=O)C1(c2ccccc2)CCN(C(=O)CCNS(=O)(=O)c2ccc(OC)c(OC)c2)CC1. The summed E-state index contributed by atoms with van der Waals surface area (Å²) < 4.78 is 43.1. The van der Waals surface area contributed by atoms with Gasteiger partial charge in [-0.2, -0.15) is 0 Å². The number of rotatable bonds is 9. The van der Waals surface area contributed by atoms with E-state index in [1.54, 1.807) is 4.90 Å². The Hall–Kier alpha value is -3.11. The highest BCUT2D eigenvalue weighted by atomic mass is 32.2. The second kappa shape index (κ2) is 10.9. The molecular formula is C24H30N2O7S. The van der Waals surface area contributed by atoms with Crippen molar-refractivity contribution in [3.05, 3.63) is 54.1 Å². The van der Waals surface area contributed by atoms with Crippen LogP contribution < -0.4 is 14.2 Å². The lowest BCUT2D eigenvalue weighted by atomic mass is 9.72. The van der Waals surface area contributed by atoms with Crippen LogP contribution in [0.25, 0.3) is 0 Å². The summed E-state index contributed by atoms with van der Waals surface area (Å²) in [5.41, 5.74) is 0.0820. The first kappa shape index (κ1) is 25.5. The summed E-state index contributed by atoms with van der Waals surface area (Å²) in [5, 5.41) is 0. The highest BCUT2D eigenvalue weighted by Crippen LogP contribution is 2.37. The molecule has 0 aromatic heterocycles. The molecule has 1 N–H and O–H groups in total. The Morgan fingerprint density at radius 3 is 2.21 bits per heavy atom. The molecule has 2 aromatic rings. The Labute approximate surface area is 200 Å². The maximum absolute atomic E-state index is 12.7. The number of likely N-dealkylation sites (tertiary alicyclic amines) is 1. The maximum Gasteiger partial charge on any atom is 0.316 e. The number of hydrogen-bond acceptors (Lipinski definition) is 7. The Balaban J connectivity index is 1.59. The number of carbonyl (C=O) groups is 2. The summed E-state index contributed by atoms with van der Waals surface area (Å²) in [6, 6.07) is 13.7. The first-order chi connectivity index (χ1) is 16.3. The van der Waals surface area contributed by atoms with Crippen molar-refractivity contribution in [1.29, 1.82) is 0 Å². The third kappa shape index (κ3) is 5.34. The minimum Gasteiger partial charge on any atom is -0.493 e. The van der Waals surface area contributed by atoms with Crippen molar-refractivity contribution in [1.82, 2.24) is 9.62 Å². The van der Waals surface area contributed by atoms with Gasteiger partial charge in [-0.25, -0.2) is 13.1 Å². The lowest BCUT2D eigenvalue weighted by Gasteiger charge is -2.40. The van der Waals surface area contributed by atoms with Gasteiger partial charge < -0.3 is 19.1 Å². The van der Waals surface area contributed by atoms with E-state index in [4.69, 9.17) is 14.2 Å². The zero-order valence-electron chi connectivity index (χ0n) is 19.6. The normalized spacial score (nSPS) is 15.4. The first-order valence-corrected chi connectivity index (χ1v) is 12.4. The lowest BCUT2D eigenvalue weighted by molar-refractivity contribution is -0.151. The van der Waals surface area contributed by atoms with Gasteiger partial charge in [-0.15, -0.1) is 0 Å². The fourth-order valence-electron chi connectivity index (χ4n) is 4.22. The third-order valence-corrected chi connectivity index (χ3v) is 7.63. The molecule has 0 radical (unpaired) electrons. The molecule has 1 saturated heterocycles. The van der Waals surface area contributed by atoms with Gasteiger partial charge in [0.2, 0.25) is 15.9 Å². The molecule has 0 spiro atoms. The summed E-state index contributed by atoms with van der Waals surface area (Å²) in [6.45, 7) is 0.712. The highest BCUT2D eigenvalue weighted by molar-refractivity contribution is 7.89.